The van der Waals surface area contributed by atoms with E-state index in [1.54, 1.807) is 0 Å². The summed E-state index contributed by atoms with van der Waals surface area (Å²) in [6.45, 7) is -0.418. The van der Waals surface area contributed by atoms with Crippen LogP contribution in [-0.2, 0) is 0 Å². The second-order valence-electron chi connectivity index (χ2n) is 24.9. The molecular formula is C78H45B4N5O2. The van der Waals surface area contributed by atoms with E-state index in [2.05, 4.69) is 297 Å². The summed E-state index contributed by atoms with van der Waals surface area (Å²) in [5.41, 5.74) is 32.6. The number of hydrogen-bond donors (Lipinski definition) is 0. The van der Waals surface area contributed by atoms with Crippen molar-refractivity contribution in [2.75, 3.05) is 19.6 Å². The summed E-state index contributed by atoms with van der Waals surface area (Å²) >= 11 is 0. The maximum absolute atomic E-state index is 7.85. The van der Waals surface area contributed by atoms with Gasteiger partial charge in [-0.1, -0.05) is 170 Å². The highest BCUT2D eigenvalue weighted by atomic mass is 16.5. The topological polar surface area (TPSA) is 36.4 Å². The summed E-state index contributed by atoms with van der Waals surface area (Å²) in [5.74, 6) is 3.57. The molecule has 406 valence electrons. The largest absolute Gasteiger partial charge is 0.458 e. The van der Waals surface area contributed by atoms with E-state index in [0.29, 0.717) is 0 Å². The van der Waals surface area contributed by atoms with E-state index in [9.17, 15) is 0 Å². The number of fused-ring (bicyclic) bond motifs is 15. The lowest BCUT2D eigenvalue weighted by atomic mass is 9.28. The summed E-state index contributed by atoms with van der Waals surface area (Å²) in [6, 6.07) is 102. The molecule has 9 heterocycles. The maximum atomic E-state index is 7.85. The summed E-state index contributed by atoms with van der Waals surface area (Å²) in [7, 11) is 0. The lowest BCUT2D eigenvalue weighted by Gasteiger charge is -2.46. The van der Waals surface area contributed by atoms with Gasteiger partial charge in [0.1, 0.15) is 23.0 Å². The van der Waals surface area contributed by atoms with Crippen molar-refractivity contribution in [1.82, 2.24) is 4.57 Å². The van der Waals surface area contributed by atoms with Gasteiger partial charge in [0, 0.05) is 108 Å². The van der Waals surface area contributed by atoms with Gasteiger partial charge in [-0.3, -0.25) is 0 Å². The normalized spacial score (nSPS) is 14.5. The first-order chi connectivity index (χ1) is 44.2. The van der Waals surface area contributed by atoms with E-state index < -0.39 is 0 Å². The van der Waals surface area contributed by atoms with Crippen molar-refractivity contribution in [3.05, 3.63) is 273 Å². The molecule has 7 nitrogen and oxygen atoms in total. The number of ether oxygens (including phenoxy) is 2. The van der Waals surface area contributed by atoms with Crippen molar-refractivity contribution in [3.63, 3.8) is 0 Å². The Morgan fingerprint density at radius 3 is 1.25 bits per heavy atom. The van der Waals surface area contributed by atoms with E-state index in [1.165, 1.54) is 110 Å². The van der Waals surface area contributed by atoms with Crippen LogP contribution in [0.4, 0.5) is 68.2 Å². The van der Waals surface area contributed by atoms with Crippen LogP contribution in [0.3, 0.4) is 0 Å². The van der Waals surface area contributed by atoms with Gasteiger partial charge in [-0.05, 0) is 157 Å². The quantitative estimate of drug-likeness (QED) is 0.164. The Hall–Kier alpha value is -11.3. The highest BCUT2D eigenvalue weighted by Gasteiger charge is 2.53. The van der Waals surface area contributed by atoms with Crippen molar-refractivity contribution in [2.45, 2.75) is 0 Å². The fraction of sp³-hybridized carbons (Fsp3) is 0. The van der Waals surface area contributed by atoms with E-state index in [-0.39, 0.29) is 26.9 Å². The van der Waals surface area contributed by atoms with E-state index in [0.717, 1.165) is 74.2 Å². The molecule has 0 fully saturated rings. The van der Waals surface area contributed by atoms with Crippen LogP contribution in [0.2, 0.25) is 0 Å². The zero-order valence-electron chi connectivity index (χ0n) is 47.8. The lowest BCUT2D eigenvalue weighted by Crippen LogP contribution is -2.68. The average molecular weight is 1130 g/mol. The Kier molecular flexibility index (Phi) is 8.87. The molecule has 0 amide bonds. The average Bonchev–Trinajstić information content (AvgIpc) is 1.67. The summed E-state index contributed by atoms with van der Waals surface area (Å²) in [4.78, 5) is 10.0. The number of anilines is 12. The maximum Gasteiger partial charge on any atom is 0.256 e. The third kappa shape index (κ3) is 5.84. The van der Waals surface area contributed by atoms with Crippen LogP contribution in [0, 0.1) is 0 Å². The molecule has 1 aromatic heterocycles. The molecule has 0 bridgehead atoms. The number of para-hydroxylation sites is 8. The number of rotatable bonds is 4. The van der Waals surface area contributed by atoms with Crippen molar-refractivity contribution in [2.24, 2.45) is 0 Å². The Balaban J connectivity index is 0.837. The minimum absolute atomic E-state index is 0.0657. The molecule has 0 aliphatic carbocycles. The second-order valence-corrected chi connectivity index (χ2v) is 24.9. The number of nitrogens with zero attached hydrogens (tertiary/aromatic N) is 5. The first kappa shape index (κ1) is 46.9. The molecule has 8 aliphatic heterocycles. The van der Waals surface area contributed by atoms with Crippen LogP contribution in [0.25, 0.3) is 27.5 Å². The number of benzene rings is 13. The number of hydrogen-bond acceptors (Lipinski definition) is 6. The van der Waals surface area contributed by atoms with Gasteiger partial charge in [-0.25, -0.2) is 0 Å². The zero-order chi connectivity index (χ0) is 57.5. The number of aromatic nitrogens is 1. The Bertz CT molecular complexity index is 5530. The Morgan fingerprint density at radius 1 is 0.225 bits per heavy atom. The van der Waals surface area contributed by atoms with Gasteiger partial charge in [0.2, 0.25) is 0 Å². The molecule has 0 unspecified atom stereocenters. The first-order valence-electron chi connectivity index (χ1n) is 31.0. The highest BCUT2D eigenvalue weighted by molar-refractivity contribution is 7.06. The van der Waals surface area contributed by atoms with Crippen molar-refractivity contribution in [3.8, 4) is 28.7 Å². The Morgan fingerprint density at radius 2 is 0.629 bits per heavy atom. The van der Waals surface area contributed by atoms with Gasteiger partial charge in [0.25, 0.3) is 26.9 Å². The van der Waals surface area contributed by atoms with Crippen molar-refractivity contribution < 1.29 is 9.47 Å². The fourth-order valence-electron chi connectivity index (χ4n) is 17.6. The molecule has 11 heteroatoms. The lowest BCUT2D eigenvalue weighted by molar-refractivity contribution is 0.487. The fourth-order valence-corrected chi connectivity index (χ4v) is 17.6. The molecule has 0 N–H and O–H groups in total. The molecule has 0 atom stereocenters. The third-order valence-corrected chi connectivity index (χ3v) is 20.8. The molecule has 13 aromatic carbocycles. The molecule has 14 aromatic rings. The standard InChI is InChI=1S/C78H45B4N5O2/c1-5-21-46(22-6-1)83-60-35-15-13-31-52(60)79-58-42-59-70(44-66(58)84(47-23-7-2-8-24-47)62-37-19-36-61(83)72(62)79)89-71-45-67-74-78-75(71)82(59)55-34-18-30-51-50-29-17-33-54(76(50)87(78)77(51)55)81(74)57-41-56-64(43-65(57)86(67)49-27-11-4-12-28-49)85(48-25-9-3-10-26-48)63-38-20-40-69-73(63)80(56)53-32-14-16-39-68(53)88-69/h1-45H. The highest BCUT2D eigenvalue weighted by Crippen LogP contribution is 2.50. The monoisotopic (exact) mass is 1130 g/mol. The summed E-state index contributed by atoms with van der Waals surface area (Å²) in [5, 5.41) is 2.55. The minimum atomic E-state index is -0.147. The van der Waals surface area contributed by atoms with E-state index in [4.69, 9.17) is 9.47 Å². The van der Waals surface area contributed by atoms with Crippen LogP contribution in [0.5, 0.6) is 23.0 Å². The van der Waals surface area contributed by atoms with Crippen LogP contribution >= 0.6 is 0 Å². The predicted octanol–water partition coefficient (Wildman–Crippen LogP) is 10.8. The predicted molar refractivity (Wildman–Crippen MR) is 371 cm³/mol. The third-order valence-electron chi connectivity index (χ3n) is 20.8. The first-order valence-corrected chi connectivity index (χ1v) is 31.0. The van der Waals surface area contributed by atoms with Crippen LogP contribution < -0.4 is 94.6 Å². The van der Waals surface area contributed by atoms with Gasteiger partial charge >= 0.3 is 0 Å². The van der Waals surface area contributed by atoms with Crippen molar-refractivity contribution >= 4 is 182 Å². The molecular weight excluding hydrogens is 1080 g/mol. The second kappa shape index (κ2) is 16.8. The SMILES string of the molecule is c1ccc(N2c3cc4c(cc3B3c5ccccc5Oc5cccc2c53)B2c3c(cc5c6c3-n3c7c(cccc7c7cccc2c73)B6c2cc3c(cc2O5)N(c2ccccc2)c2cccc5c2B3c2ccccc2N5c2ccccc2)N4c2ccccc2)cc1. The van der Waals surface area contributed by atoms with Crippen molar-refractivity contribution in [1.29, 1.82) is 0 Å². The Labute approximate surface area is 514 Å². The molecule has 0 saturated carbocycles. The van der Waals surface area contributed by atoms with E-state index >= 15 is 0 Å². The summed E-state index contributed by atoms with van der Waals surface area (Å²) < 4.78 is 17.4. The molecule has 0 saturated heterocycles. The van der Waals surface area contributed by atoms with Crippen LogP contribution in [0.1, 0.15) is 0 Å². The molecule has 0 radical (unpaired) electrons. The molecule has 0 spiro atoms. The smallest absolute Gasteiger partial charge is 0.256 e. The summed E-state index contributed by atoms with van der Waals surface area (Å²) in [6.07, 6.45) is 0. The molecule has 8 aliphatic rings. The van der Waals surface area contributed by atoms with Gasteiger partial charge in [-0.15, -0.1) is 0 Å². The molecule has 22 rings (SSSR count). The van der Waals surface area contributed by atoms with Gasteiger partial charge in [-0.2, -0.15) is 0 Å². The van der Waals surface area contributed by atoms with Gasteiger partial charge in [0.05, 0.1) is 0 Å². The van der Waals surface area contributed by atoms with Gasteiger partial charge in [0.15, 0.2) is 0 Å². The minimum Gasteiger partial charge on any atom is -0.458 e. The van der Waals surface area contributed by atoms with Crippen LogP contribution in [-0.4, -0.2) is 31.4 Å². The molecule has 89 heavy (non-hydrogen) atoms. The van der Waals surface area contributed by atoms with Gasteiger partial charge < -0.3 is 33.6 Å². The zero-order valence-corrected chi connectivity index (χ0v) is 47.8. The van der Waals surface area contributed by atoms with E-state index in [1.807, 2.05) is 0 Å². The van der Waals surface area contributed by atoms with Crippen LogP contribution in [0.15, 0.2) is 273 Å².